The molecule has 1 heterocycles. The molecule has 1 aliphatic rings. The molecule has 1 aliphatic heterocycles. The van der Waals surface area contributed by atoms with E-state index < -0.39 is 0 Å². The van der Waals surface area contributed by atoms with Gasteiger partial charge >= 0.3 is 0 Å². The molecule has 0 saturated carbocycles. The van der Waals surface area contributed by atoms with Crippen LogP contribution in [0, 0.1) is 0 Å². The van der Waals surface area contributed by atoms with Crippen LogP contribution in [0.2, 0.25) is 0 Å². The molecule has 0 aliphatic carbocycles. The predicted molar refractivity (Wildman–Crippen MR) is 76.5 cm³/mol. The van der Waals surface area contributed by atoms with Crippen molar-refractivity contribution in [1.29, 1.82) is 0 Å². The Bertz CT molecular complexity index is 193. The van der Waals surface area contributed by atoms with Gasteiger partial charge in [0.25, 0.3) is 0 Å². The second-order valence-electron chi connectivity index (χ2n) is 5.51. The normalized spacial score (nSPS) is 25.8. The number of nitrogens with one attached hydrogen (secondary N) is 1. The molecule has 2 heteroatoms. The highest BCUT2D eigenvalue weighted by atomic mass is 15.2. The average molecular weight is 240 g/mol. The fourth-order valence-electron chi connectivity index (χ4n) is 3.21. The van der Waals surface area contributed by atoms with Crippen LogP contribution in [-0.4, -0.2) is 36.1 Å². The summed E-state index contributed by atoms with van der Waals surface area (Å²) in [5.74, 6) is 0. The largest absolute Gasteiger partial charge is 0.312 e. The third-order valence-electron chi connectivity index (χ3n) is 4.35. The van der Waals surface area contributed by atoms with E-state index in [-0.39, 0.29) is 0 Å². The first-order valence-electron chi connectivity index (χ1n) is 7.73. The fraction of sp³-hybridized carbons (Fsp3) is 1.00. The molecular weight excluding hydrogens is 208 g/mol. The Morgan fingerprint density at radius 1 is 1.24 bits per heavy atom. The minimum Gasteiger partial charge on any atom is -0.312 e. The molecule has 1 saturated heterocycles. The smallest absolute Gasteiger partial charge is 0.0223 e. The number of piperidine rings is 1. The molecule has 1 rings (SSSR count). The zero-order valence-corrected chi connectivity index (χ0v) is 12.3. The molecule has 1 fully saturated rings. The molecule has 3 atom stereocenters. The van der Waals surface area contributed by atoms with E-state index in [9.17, 15) is 0 Å². The van der Waals surface area contributed by atoms with Crippen molar-refractivity contribution in [1.82, 2.24) is 10.2 Å². The van der Waals surface area contributed by atoms with Crippen LogP contribution in [0.1, 0.15) is 66.2 Å². The molecule has 2 nitrogen and oxygen atoms in total. The third kappa shape index (κ3) is 4.26. The van der Waals surface area contributed by atoms with E-state index in [2.05, 4.69) is 37.9 Å². The van der Waals surface area contributed by atoms with Crippen molar-refractivity contribution in [2.24, 2.45) is 0 Å². The minimum atomic E-state index is 0.669. The van der Waals surface area contributed by atoms with Gasteiger partial charge in [0.05, 0.1) is 0 Å². The molecule has 0 aromatic carbocycles. The quantitative estimate of drug-likeness (QED) is 0.733. The van der Waals surface area contributed by atoms with E-state index in [1.807, 2.05) is 0 Å². The monoisotopic (exact) mass is 240 g/mol. The van der Waals surface area contributed by atoms with Gasteiger partial charge < -0.3 is 5.32 Å². The lowest BCUT2D eigenvalue weighted by Gasteiger charge is -2.42. The van der Waals surface area contributed by atoms with E-state index in [4.69, 9.17) is 0 Å². The summed E-state index contributed by atoms with van der Waals surface area (Å²) >= 11 is 0. The van der Waals surface area contributed by atoms with Crippen LogP contribution < -0.4 is 5.32 Å². The van der Waals surface area contributed by atoms with Crippen molar-refractivity contribution in [2.75, 3.05) is 13.1 Å². The van der Waals surface area contributed by atoms with E-state index in [0.717, 1.165) is 12.6 Å². The highest BCUT2D eigenvalue weighted by molar-refractivity contribution is 4.86. The summed E-state index contributed by atoms with van der Waals surface area (Å²) < 4.78 is 0. The fourth-order valence-corrected chi connectivity index (χ4v) is 3.21. The second-order valence-corrected chi connectivity index (χ2v) is 5.51. The summed E-state index contributed by atoms with van der Waals surface area (Å²) in [6.07, 6.45) is 8.03. The zero-order chi connectivity index (χ0) is 12.7. The number of hydrogen-bond acceptors (Lipinski definition) is 2. The maximum Gasteiger partial charge on any atom is 0.0223 e. The lowest BCUT2D eigenvalue weighted by molar-refractivity contribution is 0.0776. The van der Waals surface area contributed by atoms with Gasteiger partial charge in [-0.3, -0.25) is 4.90 Å². The van der Waals surface area contributed by atoms with Crippen molar-refractivity contribution >= 4 is 0 Å². The van der Waals surface area contributed by atoms with E-state index in [1.54, 1.807) is 0 Å². The summed E-state index contributed by atoms with van der Waals surface area (Å²) in [6.45, 7) is 11.8. The van der Waals surface area contributed by atoms with Crippen molar-refractivity contribution in [2.45, 2.75) is 84.3 Å². The molecule has 0 aromatic rings. The van der Waals surface area contributed by atoms with Gasteiger partial charge in [-0.1, -0.05) is 27.2 Å². The summed E-state index contributed by atoms with van der Waals surface area (Å²) in [7, 11) is 0. The molecule has 0 spiro atoms. The second kappa shape index (κ2) is 8.10. The molecule has 102 valence electrons. The van der Waals surface area contributed by atoms with Gasteiger partial charge in [0.1, 0.15) is 0 Å². The van der Waals surface area contributed by atoms with Crippen molar-refractivity contribution in [3.05, 3.63) is 0 Å². The summed E-state index contributed by atoms with van der Waals surface area (Å²) in [5, 5.41) is 3.72. The Balaban J connectivity index is 2.54. The molecule has 0 aromatic heterocycles. The Labute approximate surface area is 108 Å². The first-order valence-corrected chi connectivity index (χ1v) is 7.73. The maximum absolute atomic E-state index is 3.72. The average Bonchev–Trinajstić information content (AvgIpc) is 2.39. The van der Waals surface area contributed by atoms with Crippen LogP contribution in [0.15, 0.2) is 0 Å². The van der Waals surface area contributed by atoms with E-state index in [0.29, 0.717) is 12.1 Å². The highest BCUT2D eigenvalue weighted by Crippen LogP contribution is 2.23. The molecule has 1 N–H and O–H groups in total. The Morgan fingerprint density at radius 2 is 2.00 bits per heavy atom. The van der Waals surface area contributed by atoms with Gasteiger partial charge in [-0.05, 0) is 52.1 Å². The van der Waals surface area contributed by atoms with Crippen molar-refractivity contribution in [3.8, 4) is 0 Å². The van der Waals surface area contributed by atoms with Gasteiger partial charge in [-0.15, -0.1) is 0 Å². The molecule has 0 bridgehead atoms. The molecule has 0 radical (unpaired) electrons. The van der Waals surface area contributed by atoms with Gasteiger partial charge in [-0.2, -0.15) is 0 Å². The summed E-state index contributed by atoms with van der Waals surface area (Å²) in [6, 6.07) is 2.19. The van der Waals surface area contributed by atoms with Crippen LogP contribution >= 0.6 is 0 Å². The highest BCUT2D eigenvalue weighted by Gasteiger charge is 2.28. The Kier molecular flexibility index (Phi) is 7.14. The molecule has 0 amide bonds. The number of nitrogens with zero attached hydrogens (tertiary/aromatic N) is 1. The first kappa shape index (κ1) is 15.0. The predicted octanol–water partition coefficient (Wildman–Crippen LogP) is 3.42. The number of hydrogen-bond donors (Lipinski definition) is 1. The van der Waals surface area contributed by atoms with Gasteiger partial charge in [-0.25, -0.2) is 0 Å². The van der Waals surface area contributed by atoms with Gasteiger partial charge in [0.2, 0.25) is 0 Å². The van der Waals surface area contributed by atoms with Crippen molar-refractivity contribution < 1.29 is 0 Å². The van der Waals surface area contributed by atoms with Crippen LogP contribution in [0.25, 0.3) is 0 Å². The zero-order valence-electron chi connectivity index (χ0n) is 12.3. The maximum atomic E-state index is 3.72. The standard InChI is InChI=1S/C15H32N2/c1-5-11-16-15(7-3)13(4)17-12-9-8-10-14(17)6-2/h13-16H,5-12H2,1-4H3. The number of rotatable bonds is 7. The lowest BCUT2D eigenvalue weighted by atomic mass is 9.95. The van der Waals surface area contributed by atoms with E-state index in [1.165, 1.54) is 45.1 Å². The lowest BCUT2D eigenvalue weighted by Crippen LogP contribution is -2.53. The first-order chi connectivity index (χ1) is 8.24. The van der Waals surface area contributed by atoms with Gasteiger partial charge in [0.15, 0.2) is 0 Å². The Morgan fingerprint density at radius 3 is 2.59 bits per heavy atom. The Hall–Kier alpha value is -0.0800. The third-order valence-corrected chi connectivity index (χ3v) is 4.35. The molecule has 17 heavy (non-hydrogen) atoms. The SMILES string of the molecule is CCCNC(CC)C(C)N1CCCCC1CC. The van der Waals surface area contributed by atoms with Crippen LogP contribution in [0.3, 0.4) is 0 Å². The van der Waals surface area contributed by atoms with Crippen LogP contribution in [0.4, 0.5) is 0 Å². The summed E-state index contributed by atoms with van der Waals surface area (Å²) in [5.41, 5.74) is 0. The van der Waals surface area contributed by atoms with Gasteiger partial charge in [0, 0.05) is 18.1 Å². The minimum absolute atomic E-state index is 0.669. The summed E-state index contributed by atoms with van der Waals surface area (Å²) in [4.78, 5) is 2.76. The van der Waals surface area contributed by atoms with Crippen LogP contribution in [0.5, 0.6) is 0 Å². The topological polar surface area (TPSA) is 15.3 Å². The van der Waals surface area contributed by atoms with Crippen LogP contribution in [-0.2, 0) is 0 Å². The molecular formula is C15H32N2. The molecule has 3 unspecified atom stereocenters. The van der Waals surface area contributed by atoms with Crippen molar-refractivity contribution in [3.63, 3.8) is 0 Å². The number of likely N-dealkylation sites (tertiary alicyclic amines) is 1. The van der Waals surface area contributed by atoms with E-state index >= 15 is 0 Å².